The fourth-order valence-electron chi connectivity index (χ4n) is 3.80. The Morgan fingerprint density at radius 2 is 1.19 bits per heavy atom. The van der Waals surface area contributed by atoms with Crippen LogP contribution in [0.5, 0.6) is 0 Å². The molecule has 2 amide bonds. The maximum Gasteiger partial charge on any atom is 0.412 e. The number of halogens is 2. The van der Waals surface area contributed by atoms with Crippen molar-refractivity contribution in [2.75, 3.05) is 40.9 Å². The third-order valence-electron chi connectivity index (χ3n) is 5.98. The number of likely N-dealkylation sites (tertiary alicyclic amines) is 2. The normalized spacial score (nSPS) is 21.8. The van der Waals surface area contributed by atoms with Crippen molar-refractivity contribution in [1.82, 2.24) is 9.80 Å². The molecule has 16 heteroatoms. The smallest absolute Gasteiger partial charge is 0.412 e. The minimum Gasteiger partial charge on any atom is -0.467 e. The zero-order valence-corrected chi connectivity index (χ0v) is 22.3. The first kappa shape index (κ1) is 30.7. The Morgan fingerprint density at radius 1 is 0.811 bits per heavy atom. The van der Waals surface area contributed by atoms with Crippen molar-refractivity contribution in [2.24, 2.45) is 5.41 Å². The zero-order chi connectivity index (χ0) is 28.0. The molecule has 0 bridgehead atoms. The van der Waals surface area contributed by atoms with Crippen molar-refractivity contribution >= 4 is 31.7 Å². The Labute approximate surface area is 213 Å². The summed E-state index contributed by atoms with van der Waals surface area (Å²) in [5.74, 6) is -1.34. The van der Waals surface area contributed by atoms with Crippen molar-refractivity contribution in [1.29, 1.82) is 0 Å². The number of ether oxygens (including phenoxy) is 4. The van der Waals surface area contributed by atoms with Crippen LogP contribution in [-0.4, -0.2) is 92.6 Å². The Kier molecular flexibility index (Phi) is 10.3. The fourth-order valence-corrected chi connectivity index (χ4v) is 5.40. The summed E-state index contributed by atoms with van der Waals surface area (Å²) in [6, 6.07) is -1.81. The standard InChI is InChI=1S/C21H33F2N2O11P/c1-20(2,3)21(22,23)37(30,35-12-33-18(28)24-10-6-8-14(24)16(26)31-4)36-13-34-19(29)25-11-7-9-15(25)17(27)32-5/h14-15H,6-13H2,1-5H3. The SMILES string of the molecule is COC(=O)C1CCCN1C(=O)OCOP(=O)(OCOC(=O)N1CCCC1C(=O)OC)C(F)(F)C(C)(C)C. The highest BCUT2D eigenvalue weighted by atomic mass is 31.2. The quantitative estimate of drug-likeness (QED) is 0.178. The molecule has 212 valence electrons. The van der Waals surface area contributed by atoms with E-state index in [0.29, 0.717) is 25.7 Å². The minimum absolute atomic E-state index is 0.157. The molecule has 0 aromatic carbocycles. The van der Waals surface area contributed by atoms with Crippen LogP contribution in [0.2, 0.25) is 0 Å². The number of methoxy groups -OCH3 is 2. The summed E-state index contributed by atoms with van der Waals surface area (Å²) in [6.07, 6.45) is -0.505. The van der Waals surface area contributed by atoms with Gasteiger partial charge < -0.3 is 18.9 Å². The van der Waals surface area contributed by atoms with Crippen LogP contribution in [0.1, 0.15) is 46.5 Å². The lowest BCUT2D eigenvalue weighted by Gasteiger charge is -2.35. The first-order chi connectivity index (χ1) is 17.2. The number of hydrogen-bond donors (Lipinski definition) is 0. The lowest BCUT2D eigenvalue weighted by Crippen LogP contribution is -2.42. The first-order valence-electron chi connectivity index (χ1n) is 11.5. The molecule has 37 heavy (non-hydrogen) atoms. The van der Waals surface area contributed by atoms with Crippen LogP contribution in [0, 0.1) is 5.41 Å². The van der Waals surface area contributed by atoms with Gasteiger partial charge in [-0.3, -0.25) is 23.4 Å². The van der Waals surface area contributed by atoms with Gasteiger partial charge in [0.05, 0.1) is 14.2 Å². The highest BCUT2D eigenvalue weighted by Crippen LogP contribution is 2.67. The Bertz CT molecular complexity index is 855. The number of rotatable bonds is 9. The van der Waals surface area contributed by atoms with Gasteiger partial charge in [0.1, 0.15) is 12.1 Å². The highest BCUT2D eigenvalue weighted by molar-refractivity contribution is 7.55. The largest absolute Gasteiger partial charge is 0.467 e. The minimum atomic E-state index is -5.41. The van der Waals surface area contributed by atoms with Gasteiger partial charge in [0.2, 0.25) is 13.6 Å². The molecule has 0 aromatic heterocycles. The van der Waals surface area contributed by atoms with E-state index in [4.69, 9.17) is 18.5 Å². The fraction of sp³-hybridized carbons (Fsp3) is 0.810. The molecule has 0 N–H and O–H groups in total. The molecule has 0 spiro atoms. The monoisotopic (exact) mass is 558 g/mol. The van der Waals surface area contributed by atoms with Gasteiger partial charge in [0.25, 0.3) is 0 Å². The van der Waals surface area contributed by atoms with E-state index in [1.165, 1.54) is 0 Å². The van der Waals surface area contributed by atoms with E-state index >= 15 is 8.78 Å². The van der Waals surface area contributed by atoms with E-state index in [1.54, 1.807) is 0 Å². The van der Waals surface area contributed by atoms with Crippen molar-refractivity contribution in [3.05, 3.63) is 0 Å². The zero-order valence-electron chi connectivity index (χ0n) is 21.4. The van der Waals surface area contributed by atoms with Crippen molar-refractivity contribution in [2.45, 2.75) is 64.2 Å². The highest BCUT2D eigenvalue weighted by Gasteiger charge is 2.62. The molecule has 2 aliphatic heterocycles. The van der Waals surface area contributed by atoms with Gasteiger partial charge in [-0.25, -0.2) is 19.2 Å². The summed E-state index contributed by atoms with van der Waals surface area (Å²) in [7, 11) is -3.10. The summed E-state index contributed by atoms with van der Waals surface area (Å²) in [6.45, 7) is 1.17. The maximum absolute atomic E-state index is 15.1. The van der Waals surface area contributed by atoms with E-state index < -0.39 is 68.5 Å². The molecule has 2 saturated heterocycles. The lowest BCUT2D eigenvalue weighted by molar-refractivity contribution is -0.146. The van der Waals surface area contributed by atoms with Crippen molar-refractivity contribution < 1.29 is 60.5 Å². The predicted octanol–water partition coefficient (Wildman–Crippen LogP) is 3.31. The number of carbonyl (C=O) groups excluding carboxylic acids is 4. The van der Waals surface area contributed by atoms with Crippen LogP contribution in [0.25, 0.3) is 0 Å². The Morgan fingerprint density at radius 3 is 1.51 bits per heavy atom. The number of amides is 2. The maximum atomic E-state index is 15.1. The molecule has 2 rings (SSSR count). The van der Waals surface area contributed by atoms with Crippen LogP contribution < -0.4 is 0 Å². The predicted molar refractivity (Wildman–Crippen MR) is 120 cm³/mol. The van der Waals surface area contributed by atoms with Crippen LogP contribution in [0.4, 0.5) is 18.4 Å². The van der Waals surface area contributed by atoms with E-state index in [9.17, 15) is 23.7 Å². The average Bonchev–Trinajstić information content (AvgIpc) is 3.52. The number of alkyl halides is 2. The second kappa shape index (κ2) is 12.4. The Hall–Kier alpha value is -2.51. The second-order valence-electron chi connectivity index (χ2n) is 9.35. The van der Waals surface area contributed by atoms with Crippen molar-refractivity contribution in [3.8, 4) is 0 Å². The van der Waals surface area contributed by atoms with Gasteiger partial charge in [0, 0.05) is 18.5 Å². The van der Waals surface area contributed by atoms with Gasteiger partial charge in [-0.15, -0.1) is 0 Å². The van der Waals surface area contributed by atoms with Crippen LogP contribution in [0.15, 0.2) is 0 Å². The molecule has 2 fully saturated rings. The number of nitrogens with zero attached hydrogens (tertiary/aromatic N) is 2. The van der Waals surface area contributed by atoms with Crippen LogP contribution >= 0.6 is 7.60 Å². The molecule has 0 aromatic rings. The molecular weight excluding hydrogens is 525 g/mol. The Balaban J connectivity index is 2.04. The topological polar surface area (TPSA) is 147 Å². The van der Waals surface area contributed by atoms with Gasteiger partial charge in [-0.05, 0) is 25.7 Å². The first-order valence-corrected chi connectivity index (χ1v) is 13.0. The summed E-state index contributed by atoms with van der Waals surface area (Å²) in [5.41, 5.74) is -6.05. The van der Waals surface area contributed by atoms with E-state index in [0.717, 1.165) is 44.8 Å². The van der Waals surface area contributed by atoms with E-state index in [2.05, 4.69) is 9.47 Å². The lowest BCUT2D eigenvalue weighted by atomic mass is 9.97. The third-order valence-corrected chi connectivity index (χ3v) is 8.23. The average molecular weight is 558 g/mol. The molecule has 0 radical (unpaired) electrons. The molecule has 0 saturated carbocycles. The van der Waals surface area contributed by atoms with E-state index in [-0.39, 0.29) is 13.1 Å². The van der Waals surface area contributed by atoms with E-state index in [1.807, 2.05) is 0 Å². The number of esters is 2. The van der Waals surface area contributed by atoms with Crippen molar-refractivity contribution in [3.63, 3.8) is 0 Å². The van der Waals surface area contributed by atoms with Crippen LogP contribution in [0.3, 0.4) is 0 Å². The number of carbonyl (C=O) groups is 4. The molecule has 2 unspecified atom stereocenters. The second-order valence-corrected chi connectivity index (χ2v) is 11.4. The van der Waals surface area contributed by atoms with Gasteiger partial charge in [-0.1, -0.05) is 20.8 Å². The summed E-state index contributed by atoms with van der Waals surface area (Å²) in [4.78, 5) is 50.4. The molecular formula is C21H33F2N2O11P. The molecule has 13 nitrogen and oxygen atoms in total. The van der Waals surface area contributed by atoms with Gasteiger partial charge in [-0.2, -0.15) is 8.78 Å². The third kappa shape index (κ3) is 6.88. The van der Waals surface area contributed by atoms with Gasteiger partial charge >= 0.3 is 37.4 Å². The summed E-state index contributed by atoms with van der Waals surface area (Å²) >= 11 is 0. The molecule has 2 heterocycles. The molecule has 2 aliphatic rings. The summed E-state index contributed by atoms with van der Waals surface area (Å²) in [5, 5.41) is 0. The van der Waals surface area contributed by atoms with Gasteiger partial charge in [0.15, 0.2) is 0 Å². The number of hydrogen-bond acceptors (Lipinski definition) is 11. The van der Waals surface area contributed by atoms with Crippen LogP contribution in [-0.2, 0) is 42.1 Å². The summed E-state index contributed by atoms with van der Waals surface area (Å²) < 4.78 is 71.9. The molecule has 2 atom stereocenters. The molecule has 0 aliphatic carbocycles.